The summed E-state index contributed by atoms with van der Waals surface area (Å²) in [4.78, 5) is 29.7. The average molecular weight is 438 g/mol. The molecule has 2 fully saturated rings. The number of piperidine rings is 1. The molecule has 0 bridgehead atoms. The third-order valence-electron chi connectivity index (χ3n) is 5.97. The molecule has 5 N–H and O–H groups in total. The largest absolute Gasteiger partial charge is 0.370 e. The summed E-state index contributed by atoms with van der Waals surface area (Å²) in [7, 11) is 0. The van der Waals surface area contributed by atoms with Crippen LogP contribution in [-0.4, -0.2) is 55.7 Å². The Kier molecular flexibility index (Phi) is 5.38. The van der Waals surface area contributed by atoms with Crippen molar-refractivity contribution < 1.29 is 9.59 Å². The first-order chi connectivity index (χ1) is 15.5. The lowest BCUT2D eigenvalue weighted by Crippen LogP contribution is -2.45. The Morgan fingerprint density at radius 1 is 1.19 bits per heavy atom. The SMILES string of the molecule is NC(=O)CCC(=O)NC1CCN(c2nc(Nc3cc(C4CC4)n[nH]3)c3cccn3n2)CC1. The minimum Gasteiger partial charge on any atom is -0.370 e. The lowest BCUT2D eigenvalue weighted by Gasteiger charge is -2.32. The number of primary amides is 1. The third kappa shape index (κ3) is 4.51. The smallest absolute Gasteiger partial charge is 0.245 e. The summed E-state index contributed by atoms with van der Waals surface area (Å²) in [6.45, 7) is 1.45. The maximum Gasteiger partial charge on any atom is 0.245 e. The van der Waals surface area contributed by atoms with Crippen molar-refractivity contribution in [2.24, 2.45) is 5.73 Å². The highest BCUT2D eigenvalue weighted by Crippen LogP contribution is 2.39. The first-order valence-electron chi connectivity index (χ1n) is 11.1. The molecule has 0 radical (unpaired) electrons. The number of aromatic amines is 1. The quantitative estimate of drug-likeness (QED) is 0.417. The minimum absolute atomic E-state index is 0.0731. The second-order valence-electron chi connectivity index (χ2n) is 8.50. The molecule has 11 nitrogen and oxygen atoms in total. The molecule has 0 spiro atoms. The summed E-state index contributed by atoms with van der Waals surface area (Å²) in [6, 6.07) is 6.03. The van der Waals surface area contributed by atoms with E-state index in [1.807, 2.05) is 28.9 Å². The number of nitrogens with two attached hydrogens (primary N) is 1. The first kappa shape index (κ1) is 20.3. The van der Waals surface area contributed by atoms with E-state index >= 15 is 0 Å². The van der Waals surface area contributed by atoms with E-state index in [1.165, 1.54) is 12.8 Å². The highest BCUT2D eigenvalue weighted by atomic mass is 16.2. The molecule has 11 heteroatoms. The number of rotatable bonds is 8. The fourth-order valence-electron chi connectivity index (χ4n) is 4.03. The zero-order valence-corrected chi connectivity index (χ0v) is 17.8. The van der Waals surface area contributed by atoms with Gasteiger partial charge >= 0.3 is 0 Å². The van der Waals surface area contributed by atoms with E-state index in [1.54, 1.807) is 0 Å². The highest BCUT2D eigenvalue weighted by Gasteiger charge is 2.27. The molecule has 4 heterocycles. The van der Waals surface area contributed by atoms with Gasteiger partial charge in [0.1, 0.15) is 11.3 Å². The standard InChI is InChI=1S/C21H27N9O2/c22-17(31)5-6-19(32)23-14-7-10-29(11-8-14)21-25-20(16-2-1-9-30(16)28-21)24-18-12-15(26-27-18)13-3-4-13/h1-2,9,12-14H,3-8,10-11H2,(H2,22,31)(H,23,32)(H2,24,25,26,27,28). The highest BCUT2D eigenvalue weighted by molar-refractivity contribution is 5.83. The van der Waals surface area contributed by atoms with Crippen LogP contribution >= 0.6 is 0 Å². The van der Waals surface area contributed by atoms with E-state index in [9.17, 15) is 9.59 Å². The molecule has 5 rings (SSSR count). The molecule has 1 saturated carbocycles. The Bertz CT molecular complexity index is 1130. The van der Waals surface area contributed by atoms with Gasteiger partial charge in [-0.2, -0.15) is 10.1 Å². The van der Waals surface area contributed by atoms with Crippen LogP contribution < -0.4 is 21.3 Å². The average Bonchev–Trinajstić information content (AvgIpc) is 3.33. The number of anilines is 3. The van der Waals surface area contributed by atoms with Crippen LogP contribution in [0, 0.1) is 0 Å². The van der Waals surface area contributed by atoms with Crippen molar-refractivity contribution in [1.29, 1.82) is 0 Å². The van der Waals surface area contributed by atoms with Crippen LogP contribution in [-0.2, 0) is 9.59 Å². The van der Waals surface area contributed by atoms with E-state index in [0.717, 1.165) is 43.0 Å². The second kappa shape index (κ2) is 8.48. The van der Waals surface area contributed by atoms with Crippen LogP contribution in [0.3, 0.4) is 0 Å². The topological polar surface area (TPSA) is 146 Å². The zero-order valence-electron chi connectivity index (χ0n) is 17.8. The fraction of sp³-hybridized carbons (Fsp3) is 0.476. The van der Waals surface area contributed by atoms with Crippen LogP contribution in [0.25, 0.3) is 5.52 Å². The first-order valence-corrected chi connectivity index (χ1v) is 11.1. The molecular weight excluding hydrogens is 410 g/mol. The van der Waals surface area contributed by atoms with Crippen LogP contribution in [0.15, 0.2) is 24.4 Å². The predicted octanol–water partition coefficient (Wildman–Crippen LogP) is 1.42. The summed E-state index contributed by atoms with van der Waals surface area (Å²) in [6.07, 6.45) is 6.07. The predicted molar refractivity (Wildman–Crippen MR) is 119 cm³/mol. The van der Waals surface area contributed by atoms with Gasteiger partial charge in [0.05, 0.1) is 5.69 Å². The Hall–Kier alpha value is -3.63. The molecule has 3 aromatic rings. The minimum atomic E-state index is -0.462. The number of hydrogen-bond donors (Lipinski definition) is 4. The lowest BCUT2D eigenvalue weighted by molar-refractivity contribution is -0.125. The molecule has 0 atom stereocenters. The lowest BCUT2D eigenvalue weighted by atomic mass is 10.1. The number of amides is 2. The number of hydrogen-bond acceptors (Lipinski definition) is 7. The van der Waals surface area contributed by atoms with Gasteiger partial charge in [-0.25, -0.2) is 4.52 Å². The van der Waals surface area contributed by atoms with Gasteiger partial charge < -0.3 is 21.3 Å². The van der Waals surface area contributed by atoms with Gasteiger partial charge in [-0.1, -0.05) is 0 Å². The number of carbonyl (C=O) groups excluding carboxylic acids is 2. The van der Waals surface area contributed by atoms with Crippen molar-refractivity contribution in [2.45, 2.75) is 50.5 Å². The van der Waals surface area contributed by atoms with Gasteiger partial charge in [-0.3, -0.25) is 14.7 Å². The Labute approximate surface area is 184 Å². The van der Waals surface area contributed by atoms with Crippen molar-refractivity contribution >= 4 is 34.9 Å². The number of nitrogens with one attached hydrogen (secondary N) is 3. The van der Waals surface area contributed by atoms with Gasteiger partial charge in [0.25, 0.3) is 0 Å². The summed E-state index contributed by atoms with van der Waals surface area (Å²) in [5.41, 5.74) is 7.09. The van der Waals surface area contributed by atoms with Gasteiger partial charge in [0, 0.05) is 50.2 Å². The van der Waals surface area contributed by atoms with Crippen molar-refractivity contribution in [2.75, 3.05) is 23.3 Å². The maximum atomic E-state index is 12.0. The van der Waals surface area contributed by atoms with Crippen molar-refractivity contribution in [1.82, 2.24) is 30.1 Å². The van der Waals surface area contributed by atoms with Gasteiger partial charge in [0.15, 0.2) is 5.82 Å². The maximum absolute atomic E-state index is 12.0. The van der Waals surface area contributed by atoms with Gasteiger partial charge in [-0.05, 0) is 37.8 Å². The Morgan fingerprint density at radius 2 is 2.00 bits per heavy atom. The third-order valence-corrected chi connectivity index (χ3v) is 5.97. The zero-order chi connectivity index (χ0) is 22.1. The Balaban J connectivity index is 1.25. The van der Waals surface area contributed by atoms with E-state index in [0.29, 0.717) is 17.7 Å². The van der Waals surface area contributed by atoms with Crippen molar-refractivity contribution in [3.63, 3.8) is 0 Å². The van der Waals surface area contributed by atoms with Crippen molar-refractivity contribution in [3.8, 4) is 0 Å². The van der Waals surface area contributed by atoms with Crippen molar-refractivity contribution in [3.05, 3.63) is 30.1 Å². The van der Waals surface area contributed by atoms with Gasteiger partial charge in [0.2, 0.25) is 17.8 Å². The molecule has 1 aliphatic carbocycles. The molecule has 0 unspecified atom stereocenters. The number of aromatic nitrogens is 5. The number of carbonyl (C=O) groups is 2. The van der Waals surface area contributed by atoms with Crippen LogP contribution in [0.1, 0.15) is 50.1 Å². The normalized spacial score (nSPS) is 16.9. The monoisotopic (exact) mass is 437 g/mol. The Morgan fingerprint density at radius 3 is 2.75 bits per heavy atom. The number of fused-ring (bicyclic) bond motifs is 1. The molecule has 3 aromatic heterocycles. The van der Waals surface area contributed by atoms with Crippen LogP contribution in [0.4, 0.5) is 17.6 Å². The molecule has 168 valence electrons. The molecule has 2 aliphatic rings. The summed E-state index contributed by atoms with van der Waals surface area (Å²) in [5.74, 6) is 2.15. The molecule has 32 heavy (non-hydrogen) atoms. The van der Waals surface area contributed by atoms with Crippen LogP contribution in [0.5, 0.6) is 0 Å². The molecule has 0 aromatic carbocycles. The van der Waals surface area contributed by atoms with E-state index in [-0.39, 0.29) is 24.8 Å². The summed E-state index contributed by atoms with van der Waals surface area (Å²) in [5, 5.41) is 18.5. The fourth-order valence-corrected chi connectivity index (χ4v) is 4.03. The molecule has 1 aliphatic heterocycles. The number of nitrogens with zero attached hydrogens (tertiary/aromatic N) is 5. The molecule has 2 amide bonds. The van der Waals surface area contributed by atoms with E-state index in [4.69, 9.17) is 10.7 Å². The van der Waals surface area contributed by atoms with Crippen LogP contribution in [0.2, 0.25) is 0 Å². The van der Waals surface area contributed by atoms with Gasteiger partial charge in [-0.15, -0.1) is 5.10 Å². The molecule has 1 saturated heterocycles. The van der Waals surface area contributed by atoms with E-state index in [2.05, 4.69) is 30.8 Å². The molecular formula is C21H27N9O2. The second-order valence-corrected chi connectivity index (χ2v) is 8.50. The van der Waals surface area contributed by atoms with E-state index < -0.39 is 5.91 Å². The summed E-state index contributed by atoms with van der Waals surface area (Å²) >= 11 is 0. The summed E-state index contributed by atoms with van der Waals surface area (Å²) < 4.78 is 1.82. The number of H-pyrrole nitrogens is 1.